The molecule has 0 unspecified atom stereocenters. The van der Waals surface area contributed by atoms with E-state index in [-0.39, 0.29) is 0 Å². The second kappa shape index (κ2) is 5.10. The average Bonchev–Trinajstić information content (AvgIpc) is 2.20. The molecule has 14 heavy (non-hydrogen) atoms. The first kappa shape index (κ1) is 11.2. The summed E-state index contributed by atoms with van der Waals surface area (Å²) in [6.45, 7) is 5.76. The molecule has 0 aliphatic carbocycles. The van der Waals surface area contributed by atoms with Gasteiger partial charge in [0, 0.05) is 23.8 Å². The van der Waals surface area contributed by atoms with Crippen molar-refractivity contribution in [2.75, 3.05) is 13.1 Å². The van der Waals surface area contributed by atoms with Crippen molar-refractivity contribution < 1.29 is 0 Å². The lowest BCUT2D eigenvalue weighted by atomic mass is 10.3. The minimum atomic E-state index is 0.488. The molecule has 1 aromatic rings. The Kier molecular flexibility index (Phi) is 4.07. The van der Waals surface area contributed by atoms with Crippen LogP contribution in [0.4, 0.5) is 0 Å². The lowest BCUT2D eigenvalue weighted by molar-refractivity contribution is 0.462. The fourth-order valence-electron chi connectivity index (χ4n) is 1.22. The first-order valence-electron chi connectivity index (χ1n) is 4.64. The zero-order valence-corrected chi connectivity index (χ0v) is 10.0. The summed E-state index contributed by atoms with van der Waals surface area (Å²) in [6, 6.07) is 3.76. The molecule has 1 N–H and O–H groups in total. The number of amidine groups is 1. The third-order valence-corrected chi connectivity index (χ3v) is 2.52. The quantitative estimate of drug-likeness (QED) is 0.666. The van der Waals surface area contributed by atoms with Crippen LogP contribution in [-0.4, -0.2) is 28.8 Å². The lowest BCUT2D eigenvalue weighted by Crippen LogP contribution is -2.31. The second-order valence-electron chi connectivity index (χ2n) is 2.88. The van der Waals surface area contributed by atoms with Crippen molar-refractivity contribution >= 4 is 21.8 Å². The number of pyridine rings is 1. The van der Waals surface area contributed by atoms with E-state index in [4.69, 9.17) is 5.41 Å². The highest BCUT2D eigenvalue weighted by Gasteiger charge is 2.08. The van der Waals surface area contributed by atoms with Gasteiger partial charge in [-0.25, -0.2) is 0 Å². The largest absolute Gasteiger partial charge is 0.356 e. The first-order valence-corrected chi connectivity index (χ1v) is 5.43. The molecule has 0 amide bonds. The number of nitrogens with zero attached hydrogens (tertiary/aromatic N) is 2. The molecule has 1 aromatic heterocycles. The van der Waals surface area contributed by atoms with E-state index in [0.717, 1.165) is 23.3 Å². The maximum absolute atomic E-state index is 7.91. The highest BCUT2D eigenvalue weighted by molar-refractivity contribution is 9.10. The fourth-order valence-corrected chi connectivity index (χ4v) is 1.45. The van der Waals surface area contributed by atoms with Crippen LogP contribution in [0.1, 0.15) is 19.5 Å². The summed E-state index contributed by atoms with van der Waals surface area (Å²) in [6.07, 6.45) is 1.72. The molecule has 3 nitrogen and oxygen atoms in total. The van der Waals surface area contributed by atoms with E-state index in [1.54, 1.807) is 6.20 Å². The Morgan fingerprint density at radius 3 is 2.50 bits per heavy atom. The summed E-state index contributed by atoms with van der Waals surface area (Å²) in [5.41, 5.74) is 0.719. The van der Waals surface area contributed by atoms with E-state index in [2.05, 4.69) is 20.9 Å². The number of hydrogen-bond acceptors (Lipinski definition) is 2. The van der Waals surface area contributed by atoms with Crippen LogP contribution in [0.15, 0.2) is 22.8 Å². The Labute approximate surface area is 92.8 Å². The molecule has 0 radical (unpaired) electrons. The topological polar surface area (TPSA) is 40.0 Å². The molecular formula is C10H14BrN3. The summed E-state index contributed by atoms with van der Waals surface area (Å²) in [5.74, 6) is 0.488. The Balaban J connectivity index is 2.83. The molecule has 0 aliphatic heterocycles. The maximum atomic E-state index is 7.91. The van der Waals surface area contributed by atoms with Crippen molar-refractivity contribution in [1.82, 2.24) is 9.88 Å². The van der Waals surface area contributed by atoms with E-state index in [1.165, 1.54) is 0 Å². The minimum Gasteiger partial charge on any atom is -0.356 e. The van der Waals surface area contributed by atoms with Gasteiger partial charge in [-0.3, -0.25) is 10.4 Å². The van der Waals surface area contributed by atoms with Gasteiger partial charge in [-0.15, -0.1) is 0 Å². The lowest BCUT2D eigenvalue weighted by Gasteiger charge is -2.20. The number of hydrogen-bond donors (Lipinski definition) is 1. The summed E-state index contributed by atoms with van der Waals surface area (Å²) in [7, 11) is 0. The van der Waals surface area contributed by atoms with Crippen LogP contribution in [0.2, 0.25) is 0 Å². The van der Waals surface area contributed by atoms with Gasteiger partial charge in [0.05, 0.1) is 0 Å². The number of aromatic nitrogens is 1. The molecule has 0 aromatic carbocycles. The van der Waals surface area contributed by atoms with Crippen LogP contribution in [-0.2, 0) is 0 Å². The highest BCUT2D eigenvalue weighted by Crippen LogP contribution is 2.08. The van der Waals surface area contributed by atoms with Crippen LogP contribution in [0.3, 0.4) is 0 Å². The van der Waals surface area contributed by atoms with Gasteiger partial charge in [-0.2, -0.15) is 0 Å². The SMILES string of the molecule is CCN(CC)C(=N)c1ccc(Br)cn1. The first-order chi connectivity index (χ1) is 6.69. The Hall–Kier alpha value is -0.900. The van der Waals surface area contributed by atoms with Gasteiger partial charge in [-0.05, 0) is 41.9 Å². The monoisotopic (exact) mass is 255 g/mol. The van der Waals surface area contributed by atoms with Crippen molar-refractivity contribution in [3.63, 3.8) is 0 Å². The van der Waals surface area contributed by atoms with Gasteiger partial charge in [0.25, 0.3) is 0 Å². The Bertz CT molecular complexity index is 304. The van der Waals surface area contributed by atoms with Crippen LogP contribution in [0.5, 0.6) is 0 Å². The van der Waals surface area contributed by atoms with Crippen molar-refractivity contribution in [3.05, 3.63) is 28.5 Å². The average molecular weight is 256 g/mol. The van der Waals surface area contributed by atoms with Crippen molar-refractivity contribution in [2.45, 2.75) is 13.8 Å². The molecule has 0 aliphatic rings. The number of halogens is 1. The zero-order chi connectivity index (χ0) is 10.6. The molecule has 0 saturated carbocycles. The normalized spacial score (nSPS) is 9.93. The van der Waals surface area contributed by atoms with Crippen molar-refractivity contribution in [2.24, 2.45) is 0 Å². The van der Waals surface area contributed by atoms with Gasteiger partial charge in [0.1, 0.15) is 11.5 Å². The van der Waals surface area contributed by atoms with Gasteiger partial charge in [0.2, 0.25) is 0 Å². The minimum absolute atomic E-state index is 0.488. The molecule has 4 heteroatoms. The Morgan fingerprint density at radius 2 is 2.07 bits per heavy atom. The van der Waals surface area contributed by atoms with E-state index in [0.29, 0.717) is 5.84 Å². The van der Waals surface area contributed by atoms with Gasteiger partial charge >= 0.3 is 0 Å². The number of rotatable bonds is 3. The molecule has 0 atom stereocenters. The fraction of sp³-hybridized carbons (Fsp3) is 0.400. The third-order valence-electron chi connectivity index (χ3n) is 2.05. The van der Waals surface area contributed by atoms with Crippen LogP contribution >= 0.6 is 15.9 Å². The molecular weight excluding hydrogens is 242 g/mol. The predicted octanol–water partition coefficient (Wildman–Crippen LogP) is 2.51. The molecule has 0 saturated heterocycles. The molecule has 1 rings (SSSR count). The van der Waals surface area contributed by atoms with Crippen molar-refractivity contribution in [3.8, 4) is 0 Å². The van der Waals surface area contributed by atoms with E-state index >= 15 is 0 Å². The van der Waals surface area contributed by atoms with E-state index < -0.39 is 0 Å². The van der Waals surface area contributed by atoms with Gasteiger partial charge in [-0.1, -0.05) is 0 Å². The third kappa shape index (κ3) is 2.54. The van der Waals surface area contributed by atoms with Gasteiger partial charge in [0.15, 0.2) is 0 Å². The Morgan fingerprint density at radius 1 is 1.43 bits per heavy atom. The molecule has 76 valence electrons. The highest BCUT2D eigenvalue weighted by atomic mass is 79.9. The summed E-state index contributed by atoms with van der Waals surface area (Å²) < 4.78 is 0.939. The van der Waals surface area contributed by atoms with Crippen LogP contribution in [0.25, 0.3) is 0 Å². The standard InChI is InChI=1S/C10H14BrN3/c1-3-14(4-2)10(12)9-6-5-8(11)7-13-9/h5-7,12H,3-4H2,1-2H3. The summed E-state index contributed by atoms with van der Waals surface area (Å²) in [5, 5.41) is 7.91. The summed E-state index contributed by atoms with van der Waals surface area (Å²) >= 11 is 3.32. The van der Waals surface area contributed by atoms with Crippen LogP contribution in [0, 0.1) is 5.41 Å². The van der Waals surface area contributed by atoms with Gasteiger partial charge < -0.3 is 4.90 Å². The van der Waals surface area contributed by atoms with E-state index in [9.17, 15) is 0 Å². The van der Waals surface area contributed by atoms with E-state index in [1.807, 2.05) is 30.9 Å². The molecule has 0 fully saturated rings. The van der Waals surface area contributed by atoms with Crippen molar-refractivity contribution in [1.29, 1.82) is 5.41 Å². The molecule has 0 bridgehead atoms. The second-order valence-corrected chi connectivity index (χ2v) is 3.80. The maximum Gasteiger partial charge on any atom is 0.147 e. The molecule has 1 heterocycles. The zero-order valence-electron chi connectivity index (χ0n) is 8.42. The van der Waals surface area contributed by atoms with Crippen LogP contribution < -0.4 is 0 Å². The molecule has 0 spiro atoms. The predicted molar refractivity (Wildman–Crippen MR) is 61.7 cm³/mol. The number of nitrogens with one attached hydrogen (secondary N) is 1. The summed E-state index contributed by atoms with van der Waals surface area (Å²) in [4.78, 5) is 6.15. The smallest absolute Gasteiger partial charge is 0.147 e.